The molecule has 112 valence electrons. The fourth-order valence-corrected chi connectivity index (χ4v) is 2.97. The monoisotopic (exact) mass is 296 g/mol. The molecule has 1 N–H and O–H groups in total. The summed E-state index contributed by atoms with van der Waals surface area (Å²) in [5.74, 6) is 0.694. The maximum absolute atomic E-state index is 12.7. The lowest BCUT2D eigenvalue weighted by atomic mass is 10.1. The van der Waals surface area contributed by atoms with Crippen molar-refractivity contribution in [1.82, 2.24) is 24.8 Å². The van der Waals surface area contributed by atoms with Crippen LogP contribution in [0.5, 0.6) is 0 Å². The Morgan fingerprint density at radius 1 is 1.41 bits per heavy atom. The minimum absolute atomic E-state index is 0.0261. The van der Waals surface area contributed by atoms with Gasteiger partial charge in [-0.1, -0.05) is 6.07 Å². The summed E-state index contributed by atoms with van der Waals surface area (Å²) >= 11 is 0. The lowest BCUT2D eigenvalue weighted by molar-refractivity contribution is -0.118. The minimum atomic E-state index is 0.0261. The number of anilines is 1. The predicted molar refractivity (Wildman–Crippen MR) is 80.7 cm³/mol. The lowest BCUT2D eigenvalue weighted by Gasteiger charge is -2.24. The summed E-state index contributed by atoms with van der Waals surface area (Å²) in [5.41, 5.74) is 3.75. The summed E-state index contributed by atoms with van der Waals surface area (Å²) in [6, 6.07) is 3.98. The van der Waals surface area contributed by atoms with E-state index >= 15 is 0 Å². The number of nitrogens with one attached hydrogen (secondary N) is 1. The zero-order valence-corrected chi connectivity index (χ0v) is 12.3. The van der Waals surface area contributed by atoms with Crippen molar-refractivity contribution >= 4 is 17.4 Å². The quantitative estimate of drug-likeness (QED) is 0.772. The van der Waals surface area contributed by atoms with Crippen LogP contribution < -0.4 is 4.90 Å². The van der Waals surface area contributed by atoms with Crippen molar-refractivity contribution in [3.8, 4) is 0 Å². The Morgan fingerprint density at radius 2 is 2.32 bits per heavy atom. The van der Waals surface area contributed by atoms with E-state index in [1.54, 1.807) is 11.1 Å². The van der Waals surface area contributed by atoms with Gasteiger partial charge in [0.05, 0.1) is 12.1 Å². The number of carbonyl (C=O) groups excluding carboxylic acids is 1. The molecule has 22 heavy (non-hydrogen) atoms. The third-order valence-corrected chi connectivity index (χ3v) is 4.09. The van der Waals surface area contributed by atoms with E-state index in [1.807, 2.05) is 29.7 Å². The number of aromatic amines is 1. The molecule has 4 heterocycles. The Morgan fingerprint density at radius 3 is 3.23 bits per heavy atom. The standard InChI is InChI=1S/C15H16N6O/c1-10-4-2-6-20-11(9-16-14(10)20)8-13(22)21-7-3-5-12-15(21)18-19-17-12/h2,4,6,9H,3,5,7-8H2,1H3,(H,17,18,19). The normalized spacial score (nSPS) is 14.3. The molecular weight excluding hydrogens is 280 g/mol. The number of amides is 1. The van der Waals surface area contributed by atoms with Crippen LogP contribution in [0.3, 0.4) is 0 Å². The van der Waals surface area contributed by atoms with Gasteiger partial charge in [0.25, 0.3) is 0 Å². The maximum Gasteiger partial charge on any atom is 0.234 e. The molecule has 0 saturated carbocycles. The van der Waals surface area contributed by atoms with E-state index in [1.165, 1.54) is 0 Å². The maximum atomic E-state index is 12.7. The molecule has 1 aliphatic heterocycles. The second kappa shape index (κ2) is 4.94. The predicted octanol–water partition coefficient (Wildman–Crippen LogP) is 1.28. The van der Waals surface area contributed by atoms with Crippen molar-refractivity contribution in [2.45, 2.75) is 26.2 Å². The number of carbonyl (C=O) groups is 1. The van der Waals surface area contributed by atoms with Crippen LogP contribution in [0.25, 0.3) is 5.65 Å². The smallest absolute Gasteiger partial charge is 0.234 e. The van der Waals surface area contributed by atoms with Gasteiger partial charge in [-0.05, 0) is 31.4 Å². The Kier molecular flexibility index (Phi) is 2.92. The van der Waals surface area contributed by atoms with E-state index in [9.17, 15) is 4.79 Å². The Hall–Kier alpha value is -2.70. The van der Waals surface area contributed by atoms with E-state index in [4.69, 9.17) is 0 Å². The summed E-state index contributed by atoms with van der Waals surface area (Å²) in [6.45, 7) is 2.70. The number of nitrogens with zero attached hydrogens (tertiary/aromatic N) is 5. The van der Waals surface area contributed by atoms with E-state index in [-0.39, 0.29) is 5.91 Å². The summed E-state index contributed by atoms with van der Waals surface area (Å²) in [4.78, 5) is 18.8. The highest BCUT2D eigenvalue weighted by molar-refractivity contribution is 5.94. The van der Waals surface area contributed by atoms with Crippen molar-refractivity contribution in [3.05, 3.63) is 41.5 Å². The van der Waals surface area contributed by atoms with Gasteiger partial charge in [-0.2, -0.15) is 10.3 Å². The molecule has 4 rings (SSSR count). The first kappa shape index (κ1) is 13.0. The van der Waals surface area contributed by atoms with Crippen LogP contribution in [-0.2, 0) is 17.6 Å². The van der Waals surface area contributed by atoms with Crippen LogP contribution in [-0.4, -0.2) is 37.2 Å². The summed E-state index contributed by atoms with van der Waals surface area (Å²) in [5, 5.41) is 10.8. The molecule has 0 atom stereocenters. The molecule has 7 nitrogen and oxygen atoms in total. The van der Waals surface area contributed by atoms with Crippen LogP contribution in [0.2, 0.25) is 0 Å². The van der Waals surface area contributed by atoms with Gasteiger partial charge in [0.15, 0.2) is 5.82 Å². The van der Waals surface area contributed by atoms with Crippen LogP contribution in [0.4, 0.5) is 5.82 Å². The van der Waals surface area contributed by atoms with E-state index in [0.717, 1.165) is 35.4 Å². The Bertz CT molecular complexity index is 849. The SMILES string of the molecule is Cc1cccn2c(CC(=O)N3CCCc4n[nH]nc43)cnc12. The fraction of sp³-hybridized carbons (Fsp3) is 0.333. The number of rotatable bonds is 2. The van der Waals surface area contributed by atoms with Crippen molar-refractivity contribution in [1.29, 1.82) is 0 Å². The van der Waals surface area contributed by atoms with Crippen molar-refractivity contribution in [3.63, 3.8) is 0 Å². The number of hydrogen-bond donors (Lipinski definition) is 1. The molecule has 0 saturated heterocycles. The third kappa shape index (κ3) is 1.97. The Labute approximate surface area is 127 Å². The molecule has 0 unspecified atom stereocenters. The molecule has 3 aromatic heterocycles. The van der Waals surface area contributed by atoms with Crippen LogP contribution in [0.1, 0.15) is 23.4 Å². The fourth-order valence-electron chi connectivity index (χ4n) is 2.97. The summed E-state index contributed by atoms with van der Waals surface area (Å²) < 4.78 is 1.97. The van der Waals surface area contributed by atoms with Crippen LogP contribution in [0.15, 0.2) is 24.5 Å². The van der Waals surface area contributed by atoms with E-state index in [0.29, 0.717) is 18.8 Å². The average Bonchev–Trinajstić information content (AvgIpc) is 3.14. The Balaban J connectivity index is 1.64. The molecule has 3 aromatic rings. The van der Waals surface area contributed by atoms with Gasteiger partial charge < -0.3 is 4.40 Å². The lowest BCUT2D eigenvalue weighted by Crippen LogP contribution is -2.37. The molecule has 7 heteroatoms. The zero-order chi connectivity index (χ0) is 15.1. The number of fused-ring (bicyclic) bond motifs is 2. The number of pyridine rings is 1. The van der Waals surface area contributed by atoms with Gasteiger partial charge in [0, 0.05) is 18.9 Å². The van der Waals surface area contributed by atoms with Crippen molar-refractivity contribution in [2.75, 3.05) is 11.4 Å². The molecule has 1 amide bonds. The molecule has 0 radical (unpaired) electrons. The van der Waals surface area contributed by atoms with E-state index in [2.05, 4.69) is 20.4 Å². The zero-order valence-electron chi connectivity index (χ0n) is 12.3. The highest BCUT2D eigenvalue weighted by Gasteiger charge is 2.26. The van der Waals surface area contributed by atoms with Gasteiger partial charge in [-0.25, -0.2) is 4.98 Å². The van der Waals surface area contributed by atoms with Crippen LogP contribution in [0, 0.1) is 6.92 Å². The topological polar surface area (TPSA) is 79.2 Å². The minimum Gasteiger partial charge on any atom is -0.303 e. The first-order valence-corrected chi connectivity index (χ1v) is 7.35. The van der Waals surface area contributed by atoms with E-state index < -0.39 is 0 Å². The second-order valence-corrected chi connectivity index (χ2v) is 5.55. The first-order chi connectivity index (χ1) is 10.7. The average molecular weight is 296 g/mol. The second-order valence-electron chi connectivity index (χ2n) is 5.55. The van der Waals surface area contributed by atoms with Crippen molar-refractivity contribution in [2.24, 2.45) is 0 Å². The number of imidazole rings is 1. The largest absolute Gasteiger partial charge is 0.303 e. The van der Waals surface area contributed by atoms with Gasteiger partial charge in [0.1, 0.15) is 11.3 Å². The van der Waals surface area contributed by atoms with Gasteiger partial charge >= 0.3 is 0 Å². The number of hydrogen-bond acceptors (Lipinski definition) is 4. The molecule has 0 fully saturated rings. The number of aryl methyl sites for hydroxylation is 2. The molecule has 0 aromatic carbocycles. The number of aromatic nitrogens is 5. The summed E-state index contributed by atoms with van der Waals surface area (Å²) in [7, 11) is 0. The highest BCUT2D eigenvalue weighted by Crippen LogP contribution is 2.23. The van der Waals surface area contributed by atoms with Crippen LogP contribution >= 0.6 is 0 Å². The third-order valence-electron chi connectivity index (χ3n) is 4.09. The number of H-pyrrole nitrogens is 1. The molecule has 0 spiro atoms. The van der Waals surface area contributed by atoms with Gasteiger partial charge in [0.2, 0.25) is 5.91 Å². The van der Waals surface area contributed by atoms with Gasteiger partial charge in [-0.15, -0.1) is 5.10 Å². The first-order valence-electron chi connectivity index (χ1n) is 7.35. The molecule has 1 aliphatic rings. The molecule has 0 bridgehead atoms. The van der Waals surface area contributed by atoms with Gasteiger partial charge in [-0.3, -0.25) is 9.69 Å². The molecule has 0 aliphatic carbocycles. The van der Waals surface area contributed by atoms with Crippen molar-refractivity contribution < 1.29 is 4.79 Å². The molecular formula is C15H16N6O. The summed E-state index contributed by atoms with van der Waals surface area (Å²) in [6.07, 6.45) is 5.79. The highest BCUT2D eigenvalue weighted by atomic mass is 16.2.